The zero-order valence-electron chi connectivity index (χ0n) is 17.1. The highest BCUT2D eigenvalue weighted by atomic mass is 35.5. The lowest BCUT2D eigenvalue weighted by atomic mass is 10.2. The molecule has 0 radical (unpaired) electrons. The summed E-state index contributed by atoms with van der Waals surface area (Å²) in [7, 11) is 3.00. The maximum Gasteiger partial charge on any atom is 0.291 e. The molecule has 0 spiro atoms. The Hall–Kier alpha value is -3.10. The Morgan fingerprint density at radius 2 is 1.81 bits per heavy atom. The number of halogens is 1. The van der Waals surface area contributed by atoms with Crippen LogP contribution in [0.4, 0.5) is 11.4 Å². The van der Waals surface area contributed by atoms with Crippen molar-refractivity contribution in [1.82, 2.24) is 0 Å². The van der Waals surface area contributed by atoms with Gasteiger partial charge in [-0.1, -0.05) is 17.7 Å². The molecule has 0 aliphatic rings. The minimum absolute atomic E-state index is 0.220. The minimum Gasteiger partial charge on any atom is -0.495 e. The molecule has 1 heterocycles. The molecule has 2 N–H and O–H groups in total. The predicted molar refractivity (Wildman–Crippen MR) is 122 cm³/mol. The quantitative estimate of drug-likeness (QED) is 0.442. The molecular weight excluding hydrogens is 440 g/mol. The van der Waals surface area contributed by atoms with Gasteiger partial charge in [0.2, 0.25) is 5.91 Å². The van der Waals surface area contributed by atoms with Crippen molar-refractivity contribution in [1.29, 1.82) is 0 Å². The molecule has 2 amide bonds. The summed E-state index contributed by atoms with van der Waals surface area (Å²) in [4.78, 5) is 25.7. The maximum atomic E-state index is 12.7. The van der Waals surface area contributed by atoms with Gasteiger partial charge in [-0.25, -0.2) is 0 Å². The number of anilines is 2. The number of carbonyl (C=O) groups is 2. The second kappa shape index (κ2) is 10.3. The molecule has 1 unspecified atom stereocenters. The fraction of sp³-hybridized carbons (Fsp3) is 0.182. The first kappa shape index (κ1) is 22.6. The summed E-state index contributed by atoms with van der Waals surface area (Å²) in [5.74, 6) is 0.538. The fourth-order valence-corrected chi connectivity index (χ4v) is 3.86. The minimum atomic E-state index is -0.429. The van der Waals surface area contributed by atoms with Crippen LogP contribution in [0.3, 0.4) is 0 Å². The Kier molecular flexibility index (Phi) is 7.49. The topological polar surface area (TPSA) is 89.8 Å². The number of thioether (sulfide) groups is 1. The van der Waals surface area contributed by atoms with Gasteiger partial charge in [-0.2, -0.15) is 0 Å². The van der Waals surface area contributed by atoms with E-state index < -0.39 is 5.25 Å². The van der Waals surface area contributed by atoms with Crippen molar-refractivity contribution in [2.24, 2.45) is 0 Å². The number of ether oxygens (including phenoxy) is 2. The van der Waals surface area contributed by atoms with Crippen LogP contribution in [0, 0.1) is 0 Å². The van der Waals surface area contributed by atoms with Gasteiger partial charge in [0.05, 0.1) is 36.4 Å². The smallest absolute Gasteiger partial charge is 0.291 e. The summed E-state index contributed by atoms with van der Waals surface area (Å²) in [6.07, 6.45) is 1.44. The highest BCUT2D eigenvalue weighted by molar-refractivity contribution is 8.00. The lowest BCUT2D eigenvalue weighted by Crippen LogP contribution is -2.22. The Labute approximate surface area is 189 Å². The van der Waals surface area contributed by atoms with Crippen LogP contribution < -0.4 is 20.1 Å². The predicted octanol–water partition coefficient (Wildman–Crippen LogP) is 5.32. The van der Waals surface area contributed by atoms with Crippen LogP contribution in [0.25, 0.3) is 0 Å². The van der Waals surface area contributed by atoms with Crippen molar-refractivity contribution in [2.45, 2.75) is 17.1 Å². The van der Waals surface area contributed by atoms with Crippen molar-refractivity contribution in [3.8, 4) is 11.5 Å². The number of carbonyl (C=O) groups excluding carboxylic acids is 2. The standard InChI is InChI=1S/C22H21ClN2O5S/c1-13(21(26)25-17-11-16(23)19(28-2)12-20(17)29-3)31-15-7-4-6-14(10-15)24-22(27)18-8-5-9-30-18/h4-13H,1-3H3,(H,24,27)(H,25,26). The van der Waals surface area contributed by atoms with Crippen LogP contribution in [-0.2, 0) is 4.79 Å². The molecule has 0 saturated carbocycles. The van der Waals surface area contributed by atoms with Gasteiger partial charge in [-0.05, 0) is 43.3 Å². The zero-order chi connectivity index (χ0) is 22.4. The van der Waals surface area contributed by atoms with Crippen LogP contribution in [0.2, 0.25) is 5.02 Å². The SMILES string of the molecule is COc1cc(OC)c(NC(=O)C(C)Sc2cccc(NC(=O)c3ccco3)c2)cc1Cl. The Morgan fingerprint density at radius 1 is 1.03 bits per heavy atom. The second-order valence-corrected chi connectivity index (χ2v) is 8.22. The zero-order valence-corrected chi connectivity index (χ0v) is 18.7. The lowest BCUT2D eigenvalue weighted by molar-refractivity contribution is -0.115. The van der Waals surface area contributed by atoms with E-state index in [0.29, 0.717) is 27.9 Å². The van der Waals surface area contributed by atoms with Crippen LogP contribution in [-0.4, -0.2) is 31.3 Å². The van der Waals surface area contributed by atoms with Gasteiger partial charge in [0.1, 0.15) is 11.5 Å². The van der Waals surface area contributed by atoms with Crippen molar-refractivity contribution in [3.63, 3.8) is 0 Å². The third-order valence-electron chi connectivity index (χ3n) is 4.25. The molecule has 2 aromatic carbocycles. The van der Waals surface area contributed by atoms with E-state index in [4.69, 9.17) is 25.5 Å². The molecule has 1 aromatic heterocycles. The molecule has 9 heteroatoms. The molecule has 0 aliphatic heterocycles. The van der Waals surface area contributed by atoms with Crippen molar-refractivity contribution in [2.75, 3.05) is 24.9 Å². The van der Waals surface area contributed by atoms with Crippen LogP contribution in [0.5, 0.6) is 11.5 Å². The summed E-state index contributed by atoms with van der Waals surface area (Å²) in [6.45, 7) is 1.78. The van der Waals surface area contributed by atoms with Gasteiger partial charge in [0.15, 0.2) is 5.76 Å². The van der Waals surface area contributed by atoms with Gasteiger partial charge < -0.3 is 24.5 Å². The van der Waals surface area contributed by atoms with Gasteiger partial charge in [-0.3, -0.25) is 9.59 Å². The van der Waals surface area contributed by atoms with Crippen molar-refractivity contribution in [3.05, 3.63) is 65.6 Å². The first-order valence-corrected chi connectivity index (χ1v) is 10.5. The van der Waals surface area contributed by atoms with Gasteiger partial charge >= 0.3 is 0 Å². The van der Waals surface area contributed by atoms with Crippen LogP contribution >= 0.6 is 23.4 Å². The Balaban J connectivity index is 1.66. The number of rotatable bonds is 8. The molecule has 31 heavy (non-hydrogen) atoms. The van der Waals surface area contributed by atoms with E-state index in [0.717, 1.165) is 4.90 Å². The molecule has 3 rings (SSSR count). The van der Waals surface area contributed by atoms with E-state index >= 15 is 0 Å². The number of furan rings is 1. The average molecular weight is 461 g/mol. The number of amides is 2. The van der Waals surface area contributed by atoms with Gasteiger partial charge in [-0.15, -0.1) is 11.8 Å². The van der Waals surface area contributed by atoms with E-state index in [1.54, 1.807) is 49.4 Å². The number of nitrogens with one attached hydrogen (secondary N) is 2. The van der Waals surface area contributed by atoms with E-state index in [-0.39, 0.29) is 17.6 Å². The molecule has 0 aliphatic carbocycles. The molecule has 1 atom stereocenters. The monoisotopic (exact) mass is 460 g/mol. The van der Waals surface area contributed by atoms with E-state index in [9.17, 15) is 9.59 Å². The molecular formula is C22H21ClN2O5S. The van der Waals surface area contributed by atoms with E-state index in [2.05, 4.69) is 10.6 Å². The van der Waals surface area contributed by atoms with E-state index in [1.807, 2.05) is 6.07 Å². The molecule has 0 saturated heterocycles. The summed E-state index contributed by atoms with van der Waals surface area (Å²) < 4.78 is 15.6. The number of hydrogen-bond acceptors (Lipinski definition) is 6. The normalized spacial score (nSPS) is 11.5. The van der Waals surface area contributed by atoms with Crippen molar-refractivity contribution < 1.29 is 23.5 Å². The molecule has 0 fully saturated rings. The third kappa shape index (κ3) is 5.74. The molecule has 0 bridgehead atoms. The fourth-order valence-electron chi connectivity index (χ4n) is 2.70. The van der Waals surface area contributed by atoms with Crippen LogP contribution in [0.15, 0.2) is 64.1 Å². The molecule has 162 valence electrons. The summed E-state index contributed by atoms with van der Waals surface area (Å²) in [5.41, 5.74) is 1.05. The first-order valence-electron chi connectivity index (χ1n) is 9.25. The summed E-state index contributed by atoms with van der Waals surface area (Å²) in [5, 5.41) is 5.53. The summed E-state index contributed by atoms with van der Waals surface area (Å²) in [6, 6.07) is 13.6. The second-order valence-electron chi connectivity index (χ2n) is 6.40. The molecule has 3 aromatic rings. The highest BCUT2D eigenvalue weighted by Gasteiger charge is 2.18. The highest BCUT2D eigenvalue weighted by Crippen LogP contribution is 2.36. The summed E-state index contributed by atoms with van der Waals surface area (Å²) >= 11 is 7.52. The number of hydrogen-bond donors (Lipinski definition) is 2. The number of benzene rings is 2. The van der Waals surface area contributed by atoms with Gasteiger partial charge in [0.25, 0.3) is 5.91 Å². The van der Waals surface area contributed by atoms with Crippen molar-refractivity contribution >= 4 is 46.6 Å². The average Bonchev–Trinajstić information content (AvgIpc) is 3.29. The largest absolute Gasteiger partial charge is 0.495 e. The molecule has 7 nitrogen and oxygen atoms in total. The number of methoxy groups -OCH3 is 2. The third-order valence-corrected chi connectivity index (χ3v) is 5.64. The van der Waals surface area contributed by atoms with Gasteiger partial charge in [0, 0.05) is 16.6 Å². The van der Waals surface area contributed by atoms with Crippen LogP contribution in [0.1, 0.15) is 17.5 Å². The maximum absolute atomic E-state index is 12.7. The Morgan fingerprint density at radius 3 is 2.48 bits per heavy atom. The Bertz CT molecular complexity index is 1070. The van der Waals surface area contributed by atoms with E-state index in [1.165, 1.54) is 32.2 Å². The first-order chi connectivity index (χ1) is 14.9. The lowest BCUT2D eigenvalue weighted by Gasteiger charge is -2.16.